The third-order valence-electron chi connectivity index (χ3n) is 4.64. The van der Waals surface area contributed by atoms with Crippen molar-refractivity contribution in [2.75, 3.05) is 13.1 Å². The molecule has 0 bridgehead atoms. The second-order valence-electron chi connectivity index (χ2n) is 6.40. The monoisotopic (exact) mass is 234 g/mol. The molecule has 96 valence electrons. The summed E-state index contributed by atoms with van der Waals surface area (Å²) >= 11 is 0. The van der Waals surface area contributed by atoms with Crippen LogP contribution in [0.15, 0.2) is 0 Å². The van der Waals surface area contributed by atoms with E-state index in [0.29, 0.717) is 12.0 Å². The number of nitrogens with zero attached hydrogens (tertiary/aromatic N) is 1. The van der Waals surface area contributed by atoms with E-state index < -0.39 is 0 Å². The summed E-state index contributed by atoms with van der Waals surface area (Å²) < 4.78 is 0. The van der Waals surface area contributed by atoms with Crippen LogP contribution < -0.4 is 5.32 Å². The minimum atomic E-state index is 0.252. The van der Waals surface area contributed by atoms with Crippen molar-refractivity contribution in [3.05, 3.63) is 0 Å². The van der Waals surface area contributed by atoms with Crippen LogP contribution in [0.25, 0.3) is 0 Å². The molecule has 0 spiro atoms. The van der Waals surface area contributed by atoms with Gasteiger partial charge >= 0.3 is 0 Å². The van der Waals surface area contributed by atoms with Gasteiger partial charge in [-0.25, -0.2) is 0 Å². The zero-order valence-electron chi connectivity index (χ0n) is 11.7. The summed E-state index contributed by atoms with van der Waals surface area (Å²) in [6, 6.07) is 0.829. The van der Waals surface area contributed by atoms with E-state index in [1.54, 1.807) is 0 Å². The maximum Gasteiger partial charge on any atom is 0.0686 e. The molecule has 0 aromatic heterocycles. The molecule has 0 amide bonds. The Balaban J connectivity index is 2.12. The fraction of sp³-hybridized carbons (Fsp3) is 0.867. The molecule has 2 nitrogen and oxygen atoms in total. The zero-order chi connectivity index (χ0) is 12.6. The number of terminal acetylenes is 1. The summed E-state index contributed by atoms with van der Waals surface area (Å²) in [5, 5.41) is 3.79. The summed E-state index contributed by atoms with van der Waals surface area (Å²) in [7, 11) is 0. The van der Waals surface area contributed by atoms with Gasteiger partial charge in [0, 0.05) is 24.7 Å². The summed E-state index contributed by atoms with van der Waals surface area (Å²) in [4.78, 5) is 2.54. The van der Waals surface area contributed by atoms with E-state index in [1.165, 1.54) is 12.8 Å². The van der Waals surface area contributed by atoms with Crippen LogP contribution in [0.5, 0.6) is 0 Å². The standard InChI is InChI=1S/C15H26N2/c1-6-12(4)17-10-15(5,13-7-8-13)16-9-14(17)11(2)3/h1,11-14,16H,7-10H2,2-5H3. The van der Waals surface area contributed by atoms with Crippen molar-refractivity contribution in [2.24, 2.45) is 11.8 Å². The van der Waals surface area contributed by atoms with Crippen molar-refractivity contribution in [1.82, 2.24) is 10.2 Å². The predicted molar refractivity (Wildman–Crippen MR) is 72.8 cm³/mol. The molecule has 1 saturated heterocycles. The molecular formula is C15H26N2. The van der Waals surface area contributed by atoms with Crippen LogP contribution in [0, 0.1) is 24.2 Å². The van der Waals surface area contributed by atoms with Gasteiger partial charge in [-0.2, -0.15) is 0 Å². The first kappa shape index (κ1) is 12.9. The van der Waals surface area contributed by atoms with Crippen LogP contribution in [-0.4, -0.2) is 35.6 Å². The number of piperazine rings is 1. The first-order valence-corrected chi connectivity index (χ1v) is 6.95. The molecule has 1 aliphatic carbocycles. The van der Waals surface area contributed by atoms with Crippen LogP contribution in [0.3, 0.4) is 0 Å². The van der Waals surface area contributed by atoms with Crippen LogP contribution in [0.2, 0.25) is 0 Å². The Hall–Kier alpha value is -0.520. The number of hydrogen-bond acceptors (Lipinski definition) is 2. The quantitative estimate of drug-likeness (QED) is 0.752. The average molecular weight is 234 g/mol. The van der Waals surface area contributed by atoms with Crippen molar-refractivity contribution in [3.63, 3.8) is 0 Å². The van der Waals surface area contributed by atoms with E-state index >= 15 is 0 Å². The molecule has 1 aliphatic heterocycles. The topological polar surface area (TPSA) is 15.3 Å². The molecule has 0 radical (unpaired) electrons. The molecule has 0 aromatic carbocycles. The summed E-state index contributed by atoms with van der Waals surface area (Å²) in [5.41, 5.74) is 0.288. The van der Waals surface area contributed by atoms with Crippen molar-refractivity contribution in [3.8, 4) is 12.3 Å². The van der Waals surface area contributed by atoms with E-state index in [1.807, 2.05) is 0 Å². The molecule has 2 aliphatic rings. The second-order valence-corrected chi connectivity index (χ2v) is 6.40. The maximum atomic E-state index is 5.63. The van der Waals surface area contributed by atoms with E-state index in [9.17, 15) is 0 Å². The van der Waals surface area contributed by atoms with Crippen LogP contribution in [0.4, 0.5) is 0 Å². The van der Waals surface area contributed by atoms with Gasteiger partial charge in [0.05, 0.1) is 6.04 Å². The van der Waals surface area contributed by atoms with Crippen molar-refractivity contribution in [1.29, 1.82) is 0 Å². The minimum absolute atomic E-state index is 0.252. The van der Waals surface area contributed by atoms with E-state index in [2.05, 4.69) is 43.8 Å². The van der Waals surface area contributed by atoms with Gasteiger partial charge in [-0.1, -0.05) is 19.8 Å². The Labute approximate surface area is 106 Å². The number of rotatable bonds is 3. The van der Waals surface area contributed by atoms with Crippen LogP contribution >= 0.6 is 0 Å². The lowest BCUT2D eigenvalue weighted by molar-refractivity contribution is 0.0396. The molecule has 2 fully saturated rings. The lowest BCUT2D eigenvalue weighted by atomic mass is 9.87. The van der Waals surface area contributed by atoms with Gasteiger partial charge in [0.25, 0.3) is 0 Å². The highest BCUT2D eigenvalue weighted by Gasteiger charge is 2.47. The third-order valence-corrected chi connectivity index (χ3v) is 4.64. The maximum absolute atomic E-state index is 5.63. The van der Waals surface area contributed by atoms with Crippen LogP contribution in [0.1, 0.15) is 40.5 Å². The summed E-state index contributed by atoms with van der Waals surface area (Å²) in [5.74, 6) is 4.43. The van der Waals surface area contributed by atoms with Gasteiger partial charge in [0.15, 0.2) is 0 Å². The van der Waals surface area contributed by atoms with Crippen molar-refractivity contribution >= 4 is 0 Å². The first-order valence-electron chi connectivity index (χ1n) is 6.95. The first-order chi connectivity index (χ1) is 7.98. The summed E-state index contributed by atoms with van der Waals surface area (Å²) in [6.45, 7) is 11.3. The average Bonchev–Trinajstić information content (AvgIpc) is 3.11. The third kappa shape index (κ3) is 2.51. The molecule has 0 aromatic rings. The van der Waals surface area contributed by atoms with E-state index in [4.69, 9.17) is 6.42 Å². The van der Waals surface area contributed by atoms with Gasteiger partial charge < -0.3 is 5.32 Å². The van der Waals surface area contributed by atoms with Crippen molar-refractivity contribution in [2.45, 2.75) is 58.2 Å². The lowest BCUT2D eigenvalue weighted by Gasteiger charge is -2.49. The Morgan fingerprint density at radius 2 is 2.00 bits per heavy atom. The molecule has 2 heteroatoms. The van der Waals surface area contributed by atoms with Gasteiger partial charge in [0.1, 0.15) is 0 Å². The highest BCUT2D eigenvalue weighted by Crippen LogP contribution is 2.42. The van der Waals surface area contributed by atoms with Gasteiger partial charge in [-0.15, -0.1) is 6.42 Å². The Morgan fingerprint density at radius 1 is 1.35 bits per heavy atom. The molecule has 17 heavy (non-hydrogen) atoms. The van der Waals surface area contributed by atoms with Crippen LogP contribution in [-0.2, 0) is 0 Å². The zero-order valence-corrected chi connectivity index (χ0v) is 11.7. The molecule has 1 heterocycles. The predicted octanol–water partition coefficient (Wildman–Crippen LogP) is 2.11. The highest BCUT2D eigenvalue weighted by molar-refractivity contribution is 5.09. The van der Waals surface area contributed by atoms with Gasteiger partial charge in [-0.3, -0.25) is 4.90 Å². The molecule has 3 atom stereocenters. The Morgan fingerprint density at radius 3 is 2.47 bits per heavy atom. The minimum Gasteiger partial charge on any atom is -0.308 e. The number of nitrogens with one attached hydrogen (secondary N) is 1. The lowest BCUT2D eigenvalue weighted by Crippen LogP contribution is -2.66. The Kier molecular flexibility index (Phi) is 3.52. The normalized spacial score (nSPS) is 36.8. The largest absolute Gasteiger partial charge is 0.308 e. The van der Waals surface area contributed by atoms with Gasteiger partial charge in [0.2, 0.25) is 0 Å². The van der Waals surface area contributed by atoms with E-state index in [-0.39, 0.29) is 11.6 Å². The Bertz CT molecular complexity index is 313. The fourth-order valence-corrected chi connectivity index (χ4v) is 3.14. The van der Waals surface area contributed by atoms with Gasteiger partial charge in [-0.05, 0) is 38.5 Å². The highest BCUT2D eigenvalue weighted by atomic mass is 15.3. The molecular weight excluding hydrogens is 208 g/mol. The second kappa shape index (κ2) is 4.63. The van der Waals surface area contributed by atoms with Crippen molar-refractivity contribution < 1.29 is 0 Å². The fourth-order valence-electron chi connectivity index (χ4n) is 3.14. The summed E-state index contributed by atoms with van der Waals surface area (Å²) in [6.07, 6.45) is 8.40. The molecule has 1 saturated carbocycles. The molecule has 1 N–H and O–H groups in total. The molecule has 2 rings (SSSR count). The van der Waals surface area contributed by atoms with E-state index in [0.717, 1.165) is 19.0 Å². The molecule has 3 unspecified atom stereocenters. The SMILES string of the molecule is C#CC(C)N1CC(C)(C2CC2)NCC1C(C)C. The number of hydrogen-bond donors (Lipinski definition) is 1. The smallest absolute Gasteiger partial charge is 0.0686 e.